The molecule has 0 unspecified atom stereocenters. The van der Waals surface area contributed by atoms with Gasteiger partial charge in [-0.15, -0.1) is 11.8 Å². The molecule has 1 heterocycles. The van der Waals surface area contributed by atoms with Gasteiger partial charge in [-0.1, -0.05) is 12.1 Å². The Hall–Kier alpha value is -1.30. The highest BCUT2D eigenvalue weighted by molar-refractivity contribution is 7.99. The van der Waals surface area contributed by atoms with Gasteiger partial charge in [0.2, 0.25) is 0 Å². The van der Waals surface area contributed by atoms with Gasteiger partial charge in [-0.05, 0) is 5.75 Å². The predicted octanol–water partition coefficient (Wildman–Crippen LogP) is 0.683. The Morgan fingerprint density at radius 1 is 1.62 bits per heavy atom. The van der Waals surface area contributed by atoms with E-state index in [4.69, 9.17) is 10.9 Å². The average molecular weight is 198 g/mol. The molecule has 0 saturated heterocycles. The fraction of sp³-hybridized carbons (Fsp3) is 0.286. The van der Waals surface area contributed by atoms with Crippen LogP contribution >= 0.6 is 11.8 Å². The van der Waals surface area contributed by atoms with Crippen LogP contribution in [0.2, 0.25) is 0 Å². The Labute approximate surface area is 80.1 Å². The summed E-state index contributed by atoms with van der Waals surface area (Å²) < 4.78 is 0. The molecule has 1 rings (SSSR count). The van der Waals surface area contributed by atoms with Crippen LogP contribution in [0.5, 0.6) is 0 Å². The van der Waals surface area contributed by atoms with Gasteiger partial charge < -0.3 is 10.9 Å². The Balaban J connectivity index is 3.04. The second kappa shape index (κ2) is 4.66. The van der Waals surface area contributed by atoms with Crippen LogP contribution in [0.25, 0.3) is 0 Å². The number of hydrogen-bond donors (Lipinski definition) is 2. The van der Waals surface area contributed by atoms with Crippen molar-refractivity contribution in [3.8, 4) is 0 Å². The Kier molecular flexibility index (Phi) is 3.51. The summed E-state index contributed by atoms with van der Waals surface area (Å²) in [5.41, 5.74) is 5.84. The van der Waals surface area contributed by atoms with Crippen molar-refractivity contribution in [3.05, 3.63) is 18.1 Å². The van der Waals surface area contributed by atoms with Gasteiger partial charge in [0.15, 0.2) is 5.84 Å². The van der Waals surface area contributed by atoms with E-state index in [1.165, 1.54) is 18.0 Å². The molecule has 0 aromatic carbocycles. The molecule has 1 aromatic rings. The van der Waals surface area contributed by atoms with Gasteiger partial charge in [-0.25, -0.2) is 9.97 Å². The van der Waals surface area contributed by atoms with E-state index in [0.717, 1.165) is 5.75 Å². The van der Waals surface area contributed by atoms with Gasteiger partial charge in [-0.3, -0.25) is 0 Å². The first-order chi connectivity index (χ1) is 6.29. The molecule has 0 aliphatic rings. The molecule has 6 heteroatoms. The minimum atomic E-state index is -0.0101. The Morgan fingerprint density at radius 2 is 2.31 bits per heavy atom. The van der Waals surface area contributed by atoms with Crippen LogP contribution in [-0.2, 0) is 0 Å². The van der Waals surface area contributed by atoms with E-state index in [-0.39, 0.29) is 5.84 Å². The van der Waals surface area contributed by atoms with Crippen molar-refractivity contribution in [2.24, 2.45) is 10.9 Å². The van der Waals surface area contributed by atoms with Crippen molar-refractivity contribution in [1.82, 2.24) is 9.97 Å². The summed E-state index contributed by atoms with van der Waals surface area (Å²) in [5.74, 6) is 0.855. The van der Waals surface area contributed by atoms with E-state index in [1.807, 2.05) is 6.92 Å². The summed E-state index contributed by atoms with van der Waals surface area (Å²) in [6.45, 7) is 2.00. The number of hydrogen-bond acceptors (Lipinski definition) is 5. The van der Waals surface area contributed by atoms with Crippen LogP contribution in [0.15, 0.2) is 22.6 Å². The van der Waals surface area contributed by atoms with Gasteiger partial charge in [-0.2, -0.15) is 0 Å². The van der Waals surface area contributed by atoms with E-state index < -0.39 is 0 Å². The standard InChI is InChI=1S/C7H10N4OS/c1-2-13-7-5(6(8)11-12)9-3-4-10-7/h3-4,12H,2H2,1H3,(H2,8,11). The van der Waals surface area contributed by atoms with Crippen LogP contribution in [-0.4, -0.2) is 26.8 Å². The van der Waals surface area contributed by atoms with E-state index in [9.17, 15) is 0 Å². The normalized spacial score (nSPS) is 11.6. The van der Waals surface area contributed by atoms with Crippen molar-refractivity contribution in [3.63, 3.8) is 0 Å². The van der Waals surface area contributed by atoms with Crippen molar-refractivity contribution in [2.75, 3.05) is 5.75 Å². The molecule has 0 aliphatic heterocycles. The molecule has 0 bridgehead atoms. The number of thioether (sulfide) groups is 1. The molecule has 0 saturated carbocycles. The predicted molar refractivity (Wildman–Crippen MR) is 50.9 cm³/mol. The van der Waals surface area contributed by atoms with Crippen LogP contribution < -0.4 is 5.73 Å². The zero-order chi connectivity index (χ0) is 9.68. The van der Waals surface area contributed by atoms with E-state index in [1.54, 1.807) is 6.20 Å². The Bertz CT molecular complexity index is 315. The van der Waals surface area contributed by atoms with Crippen LogP contribution in [0.4, 0.5) is 0 Å². The highest BCUT2D eigenvalue weighted by Gasteiger charge is 2.08. The SMILES string of the molecule is CCSc1nccnc1/C(N)=N/O. The first-order valence-electron chi connectivity index (χ1n) is 3.71. The lowest BCUT2D eigenvalue weighted by Crippen LogP contribution is -2.16. The molecule has 0 fully saturated rings. The molecule has 3 N–H and O–H groups in total. The van der Waals surface area contributed by atoms with Crippen molar-refractivity contribution < 1.29 is 5.21 Å². The fourth-order valence-electron chi connectivity index (χ4n) is 0.791. The molecule has 70 valence electrons. The molecule has 0 spiro atoms. The molecular weight excluding hydrogens is 188 g/mol. The number of nitrogens with zero attached hydrogens (tertiary/aromatic N) is 3. The summed E-state index contributed by atoms with van der Waals surface area (Å²) in [4.78, 5) is 8.03. The number of nitrogens with two attached hydrogens (primary N) is 1. The number of rotatable bonds is 3. The lowest BCUT2D eigenvalue weighted by Gasteiger charge is -2.02. The maximum atomic E-state index is 8.47. The fourth-order valence-corrected chi connectivity index (χ4v) is 1.49. The van der Waals surface area contributed by atoms with Crippen LogP contribution in [0, 0.1) is 0 Å². The van der Waals surface area contributed by atoms with Gasteiger partial charge in [0.1, 0.15) is 10.7 Å². The second-order valence-corrected chi connectivity index (χ2v) is 3.38. The topological polar surface area (TPSA) is 84.4 Å². The summed E-state index contributed by atoms with van der Waals surface area (Å²) in [6, 6.07) is 0. The molecular formula is C7H10N4OS. The third kappa shape index (κ3) is 2.32. The third-order valence-electron chi connectivity index (χ3n) is 1.30. The van der Waals surface area contributed by atoms with Crippen LogP contribution in [0.3, 0.4) is 0 Å². The van der Waals surface area contributed by atoms with Gasteiger partial charge in [0, 0.05) is 12.4 Å². The van der Waals surface area contributed by atoms with E-state index >= 15 is 0 Å². The number of amidine groups is 1. The summed E-state index contributed by atoms with van der Waals surface area (Å²) in [7, 11) is 0. The minimum absolute atomic E-state index is 0.0101. The summed E-state index contributed by atoms with van der Waals surface area (Å²) in [6.07, 6.45) is 3.08. The molecule has 5 nitrogen and oxygen atoms in total. The molecule has 0 atom stereocenters. The lowest BCUT2D eigenvalue weighted by molar-refractivity contribution is 0.318. The highest BCUT2D eigenvalue weighted by Crippen LogP contribution is 2.16. The van der Waals surface area contributed by atoms with Gasteiger partial charge in [0.25, 0.3) is 0 Å². The van der Waals surface area contributed by atoms with Crippen molar-refractivity contribution >= 4 is 17.6 Å². The maximum Gasteiger partial charge on any atom is 0.191 e. The number of oxime groups is 1. The van der Waals surface area contributed by atoms with Gasteiger partial charge >= 0.3 is 0 Å². The highest BCUT2D eigenvalue weighted by atomic mass is 32.2. The van der Waals surface area contributed by atoms with Gasteiger partial charge in [0.05, 0.1) is 0 Å². The molecule has 1 aromatic heterocycles. The van der Waals surface area contributed by atoms with E-state index in [0.29, 0.717) is 10.7 Å². The van der Waals surface area contributed by atoms with E-state index in [2.05, 4.69) is 15.1 Å². The molecule has 13 heavy (non-hydrogen) atoms. The quantitative estimate of drug-likeness (QED) is 0.245. The first kappa shape index (κ1) is 9.79. The Morgan fingerprint density at radius 3 is 2.92 bits per heavy atom. The molecule has 0 amide bonds. The van der Waals surface area contributed by atoms with Crippen molar-refractivity contribution in [1.29, 1.82) is 0 Å². The second-order valence-electron chi connectivity index (χ2n) is 2.13. The zero-order valence-electron chi connectivity index (χ0n) is 7.14. The summed E-state index contributed by atoms with van der Waals surface area (Å²) >= 11 is 1.50. The zero-order valence-corrected chi connectivity index (χ0v) is 7.95. The molecule has 0 radical (unpaired) electrons. The number of aromatic nitrogens is 2. The largest absolute Gasteiger partial charge is 0.409 e. The van der Waals surface area contributed by atoms with Crippen molar-refractivity contribution in [2.45, 2.75) is 11.9 Å². The minimum Gasteiger partial charge on any atom is -0.409 e. The maximum absolute atomic E-state index is 8.47. The lowest BCUT2D eigenvalue weighted by atomic mass is 10.4. The molecule has 0 aliphatic carbocycles. The smallest absolute Gasteiger partial charge is 0.191 e. The first-order valence-corrected chi connectivity index (χ1v) is 4.69. The average Bonchev–Trinajstić information content (AvgIpc) is 2.18. The third-order valence-corrected chi connectivity index (χ3v) is 2.16. The monoisotopic (exact) mass is 198 g/mol. The van der Waals surface area contributed by atoms with Crippen LogP contribution in [0.1, 0.15) is 12.6 Å². The summed E-state index contributed by atoms with van der Waals surface area (Å²) in [5, 5.41) is 12.0.